The van der Waals surface area contributed by atoms with Gasteiger partial charge in [-0.1, -0.05) is 12.1 Å². The first-order chi connectivity index (χ1) is 11.1. The fourth-order valence-electron chi connectivity index (χ4n) is 3.03. The van der Waals surface area contributed by atoms with E-state index in [-0.39, 0.29) is 24.0 Å². The summed E-state index contributed by atoms with van der Waals surface area (Å²) in [5, 5.41) is 2.99. The zero-order valence-electron chi connectivity index (χ0n) is 13.3. The molecule has 1 N–H and O–H groups in total. The molecular formula is C17H22N2O3S. The maximum Gasteiger partial charge on any atom is 0.237 e. The third kappa shape index (κ3) is 3.87. The monoisotopic (exact) mass is 334 g/mol. The number of para-hydroxylation sites is 1. The highest BCUT2D eigenvalue weighted by Gasteiger charge is 2.26. The van der Waals surface area contributed by atoms with Gasteiger partial charge in [-0.05, 0) is 31.9 Å². The summed E-state index contributed by atoms with van der Waals surface area (Å²) in [4.78, 5) is 27.1. The van der Waals surface area contributed by atoms with E-state index in [2.05, 4.69) is 5.32 Å². The van der Waals surface area contributed by atoms with Crippen molar-refractivity contribution in [3.05, 3.63) is 24.3 Å². The molecule has 3 rings (SSSR count). The van der Waals surface area contributed by atoms with Crippen LogP contribution in [0.5, 0.6) is 0 Å². The van der Waals surface area contributed by atoms with Crippen LogP contribution in [0.15, 0.2) is 29.2 Å². The SMILES string of the molecule is C[C@H](NC(=O)CCN1C(=O)CSc2ccccc21)[C@@H]1CCCO1. The molecule has 23 heavy (non-hydrogen) atoms. The van der Waals surface area contributed by atoms with Gasteiger partial charge in [-0.25, -0.2) is 0 Å². The number of ether oxygens (including phenoxy) is 1. The standard InChI is InChI=1S/C17H22N2O3S/c1-12(14-6-4-10-22-14)18-16(20)8-9-19-13-5-2-3-7-15(13)23-11-17(19)21/h2-3,5,7,12,14H,4,6,8-11H2,1H3,(H,18,20)/t12-,14-/m0/s1. The Bertz CT molecular complexity index is 587. The van der Waals surface area contributed by atoms with E-state index in [9.17, 15) is 9.59 Å². The summed E-state index contributed by atoms with van der Waals surface area (Å²) in [6, 6.07) is 7.86. The normalized spacial score (nSPS) is 21.9. The van der Waals surface area contributed by atoms with E-state index in [0.29, 0.717) is 18.7 Å². The number of thioether (sulfide) groups is 1. The number of anilines is 1. The fraction of sp³-hybridized carbons (Fsp3) is 0.529. The number of amides is 2. The Kier molecular flexibility index (Phi) is 5.23. The van der Waals surface area contributed by atoms with Gasteiger partial charge in [0, 0.05) is 24.5 Å². The van der Waals surface area contributed by atoms with Crippen molar-refractivity contribution in [2.75, 3.05) is 23.8 Å². The molecule has 2 heterocycles. The minimum Gasteiger partial charge on any atom is -0.376 e. The number of benzene rings is 1. The lowest BCUT2D eigenvalue weighted by molar-refractivity contribution is -0.122. The number of rotatable bonds is 5. The highest BCUT2D eigenvalue weighted by molar-refractivity contribution is 8.00. The molecular weight excluding hydrogens is 312 g/mol. The van der Waals surface area contributed by atoms with Crippen molar-refractivity contribution in [2.24, 2.45) is 0 Å². The molecule has 0 spiro atoms. The van der Waals surface area contributed by atoms with Gasteiger partial charge in [0.25, 0.3) is 0 Å². The number of hydrogen-bond donors (Lipinski definition) is 1. The Morgan fingerprint density at radius 2 is 2.30 bits per heavy atom. The van der Waals surface area contributed by atoms with Crippen molar-refractivity contribution < 1.29 is 14.3 Å². The first-order valence-corrected chi connectivity index (χ1v) is 9.07. The Balaban J connectivity index is 1.55. The van der Waals surface area contributed by atoms with Crippen LogP contribution in [0.2, 0.25) is 0 Å². The molecule has 1 aromatic rings. The number of hydrogen-bond acceptors (Lipinski definition) is 4. The second-order valence-electron chi connectivity index (χ2n) is 5.96. The molecule has 0 aromatic heterocycles. The van der Waals surface area contributed by atoms with Gasteiger partial charge in [0.2, 0.25) is 11.8 Å². The summed E-state index contributed by atoms with van der Waals surface area (Å²) >= 11 is 1.55. The largest absolute Gasteiger partial charge is 0.376 e. The molecule has 0 radical (unpaired) electrons. The second kappa shape index (κ2) is 7.36. The van der Waals surface area contributed by atoms with Crippen molar-refractivity contribution in [3.63, 3.8) is 0 Å². The topological polar surface area (TPSA) is 58.6 Å². The molecule has 5 nitrogen and oxygen atoms in total. The molecule has 0 aliphatic carbocycles. The van der Waals surface area contributed by atoms with Gasteiger partial charge in [-0.2, -0.15) is 0 Å². The van der Waals surface area contributed by atoms with Gasteiger partial charge >= 0.3 is 0 Å². The third-order valence-corrected chi connectivity index (χ3v) is 5.33. The van der Waals surface area contributed by atoms with E-state index in [0.717, 1.165) is 30.0 Å². The Hall–Kier alpha value is -1.53. The van der Waals surface area contributed by atoms with Crippen molar-refractivity contribution in [1.29, 1.82) is 0 Å². The summed E-state index contributed by atoms with van der Waals surface area (Å²) < 4.78 is 5.59. The summed E-state index contributed by atoms with van der Waals surface area (Å²) in [5.74, 6) is 0.468. The highest BCUT2D eigenvalue weighted by atomic mass is 32.2. The molecule has 0 bridgehead atoms. The summed E-state index contributed by atoms with van der Waals surface area (Å²) in [7, 11) is 0. The lowest BCUT2D eigenvalue weighted by Crippen LogP contribution is -2.43. The van der Waals surface area contributed by atoms with Gasteiger partial charge in [-0.3, -0.25) is 9.59 Å². The minimum atomic E-state index is -0.0310. The Morgan fingerprint density at radius 3 is 3.09 bits per heavy atom. The maximum absolute atomic E-state index is 12.2. The first-order valence-electron chi connectivity index (χ1n) is 8.08. The van der Waals surface area contributed by atoms with Crippen molar-refractivity contribution in [1.82, 2.24) is 5.32 Å². The van der Waals surface area contributed by atoms with E-state index < -0.39 is 0 Å². The average Bonchev–Trinajstić information content (AvgIpc) is 3.08. The van der Waals surface area contributed by atoms with Crippen molar-refractivity contribution in [2.45, 2.75) is 43.2 Å². The van der Waals surface area contributed by atoms with Crippen molar-refractivity contribution >= 4 is 29.3 Å². The van der Waals surface area contributed by atoms with Crippen LogP contribution in [0.4, 0.5) is 5.69 Å². The number of nitrogens with one attached hydrogen (secondary N) is 1. The van der Waals surface area contributed by atoms with Gasteiger partial charge in [-0.15, -0.1) is 11.8 Å². The van der Waals surface area contributed by atoms with E-state index in [1.807, 2.05) is 31.2 Å². The molecule has 0 saturated carbocycles. The third-order valence-electron chi connectivity index (χ3n) is 4.28. The Labute approximate surface area is 140 Å². The number of fused-ring (bicyclic) bond motifs is 1. The van der Waals surface area contributed by atoms with E-state index in [4.69, 9.17) is 4.74 Å². The fourth-order valence-corrected chi connectivity index (χ4v) is 3.96. The number of nitrogens with zero attached hydrogens (tertiary/aromatic N) is 1. The molecule has 1 fully saturated rings. The van der Waals surface area contributed by atoms with Gasteiger partial charge < -0.3 is 15.0 Å². The summed E-state index contributed by atoms with van der Waals surface area (Å²) in [6.45, 7) is 3.17. The van der Waals surface area contributed by atoms with Crippen LogP contribution in [-0.2, 0) is 14.3 Å². The lowest BCUT2D eigenvalue weighted by atomic mass is 10.1. The first kappa shape index (κ1) is 16.3. The quantitative estimate of drug-likeness (QED) is 0.897. The molecule has 2 aliphatic rings. The number of carbonyl (C=O) groups is 2. The number of carbonyl (C=O) groups excluding carboxylic acids is 2. The lowest BCUT2D eigenvalue weighted by Gasteiger charge is -2.29. The van der Waals surface area contributed by atoms with E-state index in [1.54, 1.807) is 16.7 Å². The molecule has 2 amide bonds. The van der Waals surface area contributed by atoms with Crippen LogP contribution in [0.25, 0.3) is 0 Å². The predicted molar refractivity (Wildman–Crippen MR) is 90.7 cm³/mol. The summed E-state index contributed by atoms with van der Waals surface area (Å²) in [5.41, 5.74) is 0.911. The molecule has 0 unspecified atom stereocenters. The molecule has 1 saturated heterocycles. The van der Waals surface area contributed by atoms with Crippen LogP contribution in [0, 0.1) is 0 Å². The second-order valence-corrected chi connectivity index (χ2v) is 6.98. The van der Waals surface area contributed by atoms with Crippen LogP contribution in [-0.4, -0.2) is 42.9 Å². The van der Waals surface area contributed by atoms with Crippen LogP contribution < -0.4 is 10.2 Å². The molecule has 6 heteroatoms. The van der Waals surface area contributed by atoms with E-state index in [1.165, 1.54) is 0 Å². The van der Waals surface area contributed by atoms with Gasteiger partial charge in [0.1, 0.15) is 0 Å². The van der Waals surface area contributed by atoms with Crippen LogP contribution >= 0.6 is 11.8 Å². The molecule has 2 aliphatic heterocycles. The minimum absolute atomic E-state index is 0.0184. The van der Waals surface area contributed by atoms with Gasteiger partial charge in [0.15, 0.2) is 0 Å². The zero-order chi connectivity index (χ0) is 16.2. The predicted octanol–water partition coefficient (Wildman–Crippen LogP) is 2.20. The van der Waals surface area contributed by atoms with E-state index >= 15 is 0 Å². The van der Waals surface area contributed by atoms with Gasteiger partial charge in [0.05, 0.1) is 23.6 Å². The molecule has 2 atom stereocenters. The zero-order valence-corrected chi connectivity index (χ0v) is 14.1. The highest BCUT2D eigenvalue weighted by Crippen LogP contribution is 2.34. The van der Waals surface area contributed by atoms with Crippen LogP contribution in [0.3, 0.4) is 0 Å². The smallest absolute Gasteiger partial charge is 0.237 e. The van der Waals surface area contributed by atoms with Crippen LogP contribution in [0.1, 0.15) is 26.2 Å². The molecule has 1 aromatic carbocycles. The Morgan fingerprint density at radius 1 is 1.48 bits per heavy atom. The summed E-state index contributed by atoms with van der Waals surface area (Å²) in [6.07, 6.45) is 2.48. The van der Waals surface area contributed by atoms with Crippen molar-refractivity contribution in [3.8, 4) is 0 Å². The molecule has 124 valence electrons. The average molecular weight is 334 g/mol. The maximum atomic E-state index is 12.2.